The number of amides is 1. The average molecular weight is 171 g/mol. The lowest BCUT2D eigenvalue weighted by atomic mass is 10.2. The zero-order chi connectivity index (χ0) is 8.81. The highest BCUT2D eigenvalue weighted by atomic mass is 16.2. The quantitative estimate of drug-likeness (QED) is 0.614. The second kappa shape index (κ2) is 5.11. The highest BCUT2D eigenvalue weighted by Gasteiger charge is 2.11. The van der Waals surface area contributed by atoms with Crippen LogP contribution >= 0.6 is 0 Å². The van der Waals surface area contributed by atoms with Crippen molar-refractivity contribution in [2.24, 2.45) is 0 Å². The molecular formula is C8H17N3O. The van der Waals surface area contributed by atoms with Crippen molar-refractivity contribution in [1.29, 1.82) is 0 Å². The number of carbonyl (C=O) groups is 1. The van der Waals surface area contributed by atoms with E-state index in [9.17, 15) is 4.79 Å². The summed E-state index contributed by atoms with van der Waals surface area (Å²) in [5, 5.41) is 4.82. The SMILES string of the molecule is CNCC(=O)NN1CCCCC1. The van der Waals surface area contributed by atoms with Gasteiger partial charge in [-0.25, -0.2) is 5.01 Å². The molecule has 2 N–H and O–H groups in total. The van der Waals surface area contributed by atoms with Gasteiger partial charge in [0.1, 0.15) is 0 Å². The Hall–Kier alpha value is -0.610. The molecule has 0 bridgehead atoms. The van der Waals surface area contributed by atoms with Gasteiger partial charge in [-0.2, -0.15) is 0 Å². The Morgan fingerprint density at radius 2 is 2.00 bits per heavy atom. The van der Waals surface area contributed by atoms with E-state index in [0.717, 1.165) is 13.1 Å². The molecule has 4 heteroatoms. The topological polar surface area (TPSA) is 44.4 Å². The van der Waals surface area contributed by atoms with E-state index in [4.69, 9.17) is 0 Å². The smallest absolute Gasteiger partial charge is 0.248 e. The molecule has 1 rings (SSSR count). The van der Waals surface area contributed by atoms with Crippen LogP contribution in [0.2, 0.25) is 0 Å². The molecule has 4 nitrogen and oxygen atoms in total. The van der Waals surface area contributed by atoms with Gasteiger partial charge in [0.15, 0.2) is 0 Å². The van der Waals surface area contributed by atoms with Crippen LogP contribution in [0.15, 0.2) is 0 Å². The maximum Gasteiger partial charge on any atom is 0.248 e. The van der Waals surface area contributed by atoms with Gasteiger partial charge in [0.25, 0.3) is 0 Å². The molecule has 0 saturated carbocycles. The van der Waals surface area contributed by atoms with Crippen molar-refractivity contribution in [3.05, 3.63) is 0 Å². The third-order valence-electron chi connectivity index (χ3n) is 1.98. The predicted molar refractivity (Wildman–Crippen MR) is 47.5 cm³/mol. The van der Waals surface area contributed by atoms with Crippen molar-refractivity contribution in [2.45, 2.75) is 19.3 Å². The predicted octanol–water partition coefficient (Wildman–Crippen LogP) is -0.277. The summed E-state index contributed by atoms with van der Waals surface area (Å²) in [4.78, 5) is 11.1. The van der Waals surface area contributed by atoms with Gasteiger partial charge < -0.3 is 5.32 Å². The summed E-state index contributed by atoms with van der Waals surface area (Å²) < 4.78 is 0. The first-order valence-corrected chi connectivity index (χ1v) is 4.52. The number of carbonyl (C=O) groups excluding carboxylic acids is 1. The largest absolute Gasteiger partial charge is 0.311 e. The van der Waals surface area contributed by atoms with Crippen LogP contribution in [0.4, 0.5) is 0 Å². The van der Waals surface area contributed by atoms with E-state index >= 15 is 0 Å². The number of hydrogen-bond donors (Lipinski definition) is 2. The highest BCUT2D eigenvalue weighted by molar-refractivity contribution is 5.77. The summed E-state index contributed by atoms with van der Waals surface area (Å²) >= 11 is 0. The van der Waals surface area contributed by atoms with E-state index in [1.54, 1.807) is 7.05 Å². The van der Waals surface area contributed by atoms with Crippen LogP contribution in [0.1, 0.15) is 19.3 Å². The van der Waals surface area contributed by atoms with Crippen LogP contribution in [0.5, 0.6) is 0 Å². The van der Waals surface area contributed by atoms with Crippen LogP contribution in [-0.4, -0.2) is 37.6 Å². The summed E-state index contributed by atoms with van der Waals surface area (Å²) in [6.07, 6.45) is 3.68. The van der Waals surface area contributed by atoms with E-state index in [0.29, 0.717) is 6.54 Å². The summed E-state index contributed by atoms with van der Waals surface area (Å²) in [5.41, 5.74) is 2.85. The zero-order valence-electron chi connectivity index (χ0n) is 7.60. The number of hydrogen-bond acceptors (Lipinski definition) is 3. The van der Waals surface area contributed by atoms with Gasteiger partial charge in [-0.05, 0) is 19.9 Å². The Balaban J connectivity index is 2.15. The lowest BCUT2D eigenvalue weighted by molar-refractivity contribution is -0.125. The fraction of sp³-hybridized carbons (Fsp3) is 0.875. The minimum Gasteiger partial charge on any atom is -0.311 e. The number of piperidine rings is 1. The molecule has 1 fully saturated rings. The lowest BCUT2D eigenvalue weighted by Crippen LogP contribution is -2.47. The summed E-state index contributed by atoms with van der Waals surface area (Å²) in [5.74, 6) is 0.0550. The molecule has 70 valence electrons. The number of likely N-dealkylation sites (N-methyl/N-ethyl adjacent to an activating group) is 1. The summed E-state index contributed by atoms with van der Waals surface area (Å²) in [6, 6.07) is 0. The van der Waals surface area contributed by atoms with Gasteiger partial charge in [0.05, 0.1) is 6.54 Å². The first-order valence-electron chi connectivity index (χ1n) is 4.52. The Kier molecular flexibility index (Phi) is 4.04. The molecule has 1 aliphatic heterocycles. The first-order chi connectivity index (χ1) is 5.83. The third kappa shape index (κ3) is 3.19. The molecule has 0 radical (unpaired) electrons. The lowest BCUT2D eigenvalue weighted by Gasteiger charge is -2.26. The monoisotopic (exact) mass is 171 g/mol. The number of rotatable bonds is 3. The third-order valence-corrected chi connectivity index (χ3v) is 1.98. The molecular weight excluding hydrogens is 154 g/mol. The van der Waals surface area contributed by atoms with Crippen LogP contribution in [0, 0.1) is 0 Å². The fourth-order valence-electron chi connectivity index (χ4n) is 1.38. The van der Waals surface area contributed by atoms with Crippen LogP contribution in [0.25, 0.3) is 0 Å². The van der Waals surface area contributed by atoms with Crippen LogP contribution < -0.4 is 10.7 Å². The fourth-order valence-corrected chi connectivity index (χ4v) is 1.38. The van der Waals surface area contributed by atoms with E-state index in [1.165, 1.54) is 19.3 Å². The molecule has 1 aliphatic rings. The average Bonchev–Trinajstić information content (AvgIpc) is 2.06. The normalized spacial score (nSPS) is 19.1. The van der Waals surface area contributed by atoms with E-state index in [-0.39, 0.29) is 5.91 Å². The summed E-state index contributed by atoms with van der Waals surface area (Å²) in [7, 11) is 1.77. The molecule has 0 atom stereocenters. The van der Waals surface area contributed by atoms with Crippen molar-refractivity contribution in [3.8, 4) is 0 Å². The molecule has 1 heterocycles. The Labute approximate surface area is 73.3 Å². The van der Waals surface area contributed by atoms with Crippen molar-refractivity contribution in [1.82, 2.24) is 15.8 Å². The second-order valence-corrected chi connectivity index (χ2v) is 3.11. The molecule has 0 aromatic carbocycles. The molecule has 0 aromatic heterocycles. The molecule has 12 heavy (non-hydrogen) atoms. The Morgan fingerprint density at radius 1 is 1.33 bits per heavy atom. The van der Waals surface area contributed by atoms with Crippen LogP contribution in [-0.2, 0) is 4.79 Å². The second-order valence-electron chi connectivity index (χ2n) is 3.11. The number of nitrogens with one attached hydrogen (secondary N) is 2. The molecule has 0 unspecified atom stereocenters. The molecule has 0 aromatic rings. The Morgan fingerprint density at radius 3 is 2.58 bits per heavy atom. The maximum absolute atomic E-state index is 11.1. The summed E-state index contributed by atoms with van der Waals surface area (Å²) in [6.45, 7) is 2.39. The van der Waals surface area contributed by atoms with E-state index in [2.05, 4.69) is 10.7 Å². The van der Waals surface area contributed by atoms with E-state index < -0.39 is 0 Å². The highest BCUT2D eigenvalue weighted by Crippen LogP contribution is 2.05. The first kappa shape index (κ1) is 9.48. The number of nitrogens with zero attached hydrogens (tertiary/aromatic N) is 1. The van der Waals surface area contributed by atoms with Crippen molar-refractivity contribution in [2.75, 3.05) is 26.7 Å². The number of hydrazine groups is 1. The molecule has 0 aliphatic carbocycles. The Bertz CT molecular complexity index is 143. The van der Waals surface area contributed by atoms with Crippen molar-refractivity contribution >= 4 is 5.91 Å². The minimum atomic E-state index is 0.0550. The van der Waals surface area contributed by atoms with Crippen molar-refractivity contribution in [3.63, 3.8) is 0 Å². The molecule has 1 amide bonds. The van der Waals surface area contributed by atoms with Crippen LogP contribution in [0.3, 0.4) is 0 Å². The molecule has 0 spiro atoms. The standard InChI is InChI=1S/C8H17N3O/c1-9-7-8(12)10-11-5-3-2-4-6-11/h9H,2-7H2,1H3,(H,10,12). The van der Waals surface area contributed by atoms with Crippen molar-refractivity contribution < 1.29 is 4.79 Å². The van der Waals surface area contributed by atoms with Gasteiger partial charge >= 0.3 is 0 Å². The van der Waals surface area contributed by atoms with Gasteiger partial charge in [-0.1, -0.05) is 6.42 Å². The van der Waals surface area contributed by atoms with Gasteiger partial charge in [0.2, 0.25) is 5.91 Å². The minimum absolute atomic E-state index is 0.0550. The van der Waals surface area contributed by atoms with Gasteiger partial charge in [0, 0.05) is 13.1 Å². The maximum atomic E-state index is 11.1. The zero-order valence-corrected chi connectivity index (χ0v) is 7.60. The molecule has 1 saturated heterocycles. The van der Waals surface area contributed by atoms with E-state index in [1.807, 2.05) is 5.01 Å². The van der Waals surface area contributed by atoms with Gasteiger partial charge in [-0.3, -0.25) is 10.2 Å². The van der Waals surface area contributed by atoms with Gasteiger partial charge in [-0.15, -0.1) is 0 Å².